The summed E-state index contributed by atoms with van der Waals surface area (Å²) in [6, 6.07) is 4.77. The molecule has 10 N–H and O–H groups in total. The van der Waals surface area contributed by atoms with Gasteiger partial charge in [-0.2, -0.15) is 12.6 Å². The lowest BCUT2D eigenvalue weighted by atomic mass is 10.0. The lowest BCUT2D eigenvalue weighted by Gasteiger charge is -2.25. The smallest absolute Gasteiger partial charge is 0.327 e. The fourth-order valence-electron chi connectivity index (χ4n) is 2.86. The molecule has 4 unspecified atom stereocenters. The second-order valence-electron chi connectivity index (χ2n) is 7.63. The number of carbonyl (C=O) groups is 4. The number of hydrogen-bond acceptors (Lipinski definition) is 7. The molecule has 1 aromatic rings. The monoisotopic (exact) mass is 495 g/mol. The third kappa shape index (κ3) is 10.5. The maximum atomic E-state index is 13.1. The van der Waals surface area contributed by atoms with Crippen molar-refractivity contribution in [2.75, 3.05) is 12.3 Å². The third-order valence-electron chi connectivity index (χ3n) is 4.70. The van der Waals surface area contributed by atoms with Gasteiger partial charge in [-0.1, -0.05) is 30.3 Å². The molecule has 0 spiro atoms. The molecule has 34 heavy (non-hydrogen) atoms. The Bertz CT molecular complexity index is 862. The van der Waals surface area contributed by atoms with Crippen LogP contribution in [-0.2, 0) is 25.6 Å². The third-order valence-corrected chi connectivity index (χ3v) is 5.07. The zero-order chi connectivity index (χ0) is 25.7. The lowest BCUT2D eigenvalue weighted by Crippen LogP contribution is -2.57. The number of rotatable bonds is 14. The van der Waals surface area contributed by atoms with Gasteiger partial charge >= 0.3 is 5.97 Å². The molecule has 4 atom stereocenters. The molecule has 0 aliphatic carbocycles. The Hall–Kier alpha value is -3.32. The van der Waals surface area contributed by atoms with E-state index in [4.69, 9.17) is 17.2 Å². The van der Waals surface area contributed by atoms with E-state index in [9.17, 15) is 24.3 Å². The van der Waals surface area contributed by atoms with Gasteiger partial charge in [-0.3, -0.25) is 19.4 Å². The molecule has 0 saturated heterocycles. The zero-order valence-corrected chi connectivity index (χ0v) is 19.8. The Morgan fingerprint density at radius 2 is 1.53 bits per heavy atom. The average molecular weight is 496 g/mol. The minimum atomic E-state index is -1.26. The lowest BCUT2D eigenvalue weighted by molar-refractivity contribution is -0.141. The minimum absolute atomic E-state index is 0.118. The standard InChI is InChI=1S/C21H33N7O5S/c1-12(22)17(29)27-15(10-13-6-3-2-4-7-13)19(31)26-14(8-5-9-25-21(23)24)18(30)28-16(11-34)20(32)33/h2-4,6-7,12,14-16,34H,5,8-11,22H2,1H3,(H,26,31)(H,27,29)(H,28,30)(H,32,33)(H4,23,24,25). The van der Waals surface area contributed by atoms with Crippen molar-refractivity contribution in [3.63, 3.8) is 0 Å². The highest BCUT2D eigenvalue weighted by molar-refractivity contribution is 7.80. The first-order valence-corrected chi connectivity index (χ1v) is 11.3. The molecule has 0 aliphatic rings. The van der Waals surface area contributed by atoms with E-state index < -0.39 is 47.9 Å². The number of carboxylic acid groups (broad SMARTS) is 1. The van der Waals surface area contributed by atoms with Gasteiger partial charge in [-0.15, -0.1) is 0 Å². The van der Waals surface area contributed by atoms with Crippen LogP contribution in [0.4, 0.5) is 0 Å². The van der Waals surface area contributed by atoms with E-state index in [0.29, 0.717) is 6.42 Å². The van der Waals surface area contributed by atoms with Gasteiger partial charge in [0.05, 0.1) is 6.04 Å². The molecule has 13 heteroatoms. The summed E-state index contributed by atoms with van der Waals surface area (Å²) in [6.07, 6.45) is 0.596. The molecule has 0 aromatic heterocycles. The van der Waals surface area contributed by atoms with Crippen molar-refractivity contribution in [1.82, 2.24) is 16.0 Å². The highest BCUT2D eigenvalue weighted by Crippen LogP contribution is 2.06. The Kier molecular flexibility index (Phi) is 12.5. The van der Waals surface area contributed by atoms with E-state index in [1.165, 1.54) is 6.92 Å². The van der Waals surface area contributed by atoms with Crippen molar-refractivity contribution in [1.29, 1.82) is 0 Å². The summed E-state index contributed by atoms with van der Waals surface area (Å²) in [7, 11) is 0. The van der Waals surface area contributed by atoms with E-state index in [0.717, 1.165) is 5.56 Å². The van der Waals surface area contributed by atoms with E-state index in [1.54, 1.807) is 24.3 Å². The summed E-state index contributed by atoms with van der Waals surface area (Å²) in [5.41, 5.74) is 17.0. The van der Waals surface area contributed by atoms with Crippen LogP contribution in [-0.4, -0.2) is 71.2 Å². The van der Waals surface area contributed by atoms with Gasteiger partial charge in [0.2, 0.25) is 17.7 Å². The first kappa shape index (κ1) is 28.7. The van der Waals surface area contributed by atoms with Gasteiger partial charge < -0.3 is 38.3 Å². The van der Waals surface area contributed by atoms with Gasteiger partial charge in [0.25, 0.3) is 0 Å². The molecule has 0 saturated carbocycles. The van der Waals surface area contributed by atoms with E-state index in [-0.39, 0.29) is 31.1 Å². The second kappa shape index (κ2) is 14.8. The van der Waals surface area contributed by atoms with Crippen LogP contribution < -0.4 is 33.2 Å². The van der Waals surface area contributed by atoms with Crippen LogP contribution in [0.5, 0.6) is 0 Å². The Morgan fingerprint density at radius 3 is 2.06 bits per heavy atom. The van der Waals surface area contributed by atoms with Crippen LogP contribution >= 0.6 is 12.6 Å². The molecule has 188 valence electrons. The summed E-state index contributed by atoms with van der Waals surface area (Å²) in [6.45, 7) is 1.68. The van der Waals surface area contributed by atoms with E-state index in [2.05, 4.69) is 33.6 Å². The van der Waals surface area contributed by atoms with Crippen molar-refractivity contribution in [3.8, 4) is 0 Å². The maximum absolute atomic E-state index is 13.1. The number of carboxylic acids is 1. The predicted octanol–water partition coefficient (Wildman–Crippen LogP) is -1.90. The number of nitrogens with two attached hydrogens (primary N) is 3. The van der Waals surface area contributed by atoms with Crippen LogP contribution in [0.3, 0.4) is 0 Å². The van der Waals surface area contributed by atoms with Gasteiger partial charge in [0, 0.05) is 18.7 Å². The van der Waals surface area contributed by atoms with Crippen molar-refractivity contribution in [2.24, 2.45) is 22.2 Å². The summed E-state index contributed by atoms with van der Waals surface area (Å²) in [4.78, 5) is 53.2. The molecule has 12 nitrogen and oxygen atoms in total. The Labute approximate surface area is 203 Å². The largest absolute Gasteiger partial charge is 0.480 e. The molecule has 0 radical (unpaired) electrons. The van der Waals surface area contributed by atoms with Gasteiger partial charge in [-0.05, 0) is 25.3 Å². The highest BCUT2D eigenvalue weighted by Gasteiger charge is 2.29. The number of guanidine groups is 1. The molecular weight excluding hydrogens is 462 g/mol. The minimum Gasteiger partial charge on any atom is -0.480 e. The Morgan fingerprint density at radius 1 is 0.971 bits per heavy atom. The topological polar surface area (TPSA) is 215 Å². The van der Waals surface area contributed by atoms with Crippen molar-refractivity contribution in [2.45, 2.75) is 50.4 Å². The number of benzene rings is 1. The number of nitrogens with zero attached hydrogens (tertiary/aromatic N) is 1. The quantitative estimate of drug-likeness (QED) is 0.0629. The number of thiol groups is 1. The SMILES string of the molecule is CC(N)C(=O)NC(Cc1ccccc1)C(=O)NC(CCCN=C(N)N)C(=O)NC(CS)C(=O)O. The number of aliphatic carboxylic acids is 1. The number of hydrogen-bond donors (Lipinski definition) is 8. The zero-order valence-electron chi connectivity index (χ0n) is 18.9. The number of amides is 3. The average Bonchev–Trinajstić information content (AvgIpc) is 2.78. The highest BCUT2D eigenvalue weighted by atomic mass is 32.1. The second-order valence-corrected chi connectivity index (χ2v) is 8.00. The van der Waals surface area contributed by atoms with Crippen LogP contribution in [0.25, 0.3) is 0 Å². The Balaban J connectivity index is 3.05. The van der Waals surface area contributed by atoms with Crippen LogP contribution in [0.1, 0.15) is 25.3 Å². The summed E-state index contributed by atoms with van der Waals surface area (Å²) in [5.74, 6) is -3.40. The summed E-state index contributed by atoms with van der Waals surface area (Å²) < 4.78 is 0. The maximum Gasteiger partial charge on any atom is 0.327 e. The van der Waals surface area contributed by atoms with Crippen molar-refractivity contribution >= 4 is 42.3 Å². The molecule has 0 fully saturated rings. The first-order valence-electron chi connectivity index (χ1n) is 10.6. The molecule has 0 bridgehead atoms. The van der Waals surface area contributed by atoms with Gasteiger partial charge in [0.1, 0.15) is 18.1 Å². The molecule has 3 amide bonds. The van der Waals surface area contributed by atoms with Crippen LogP contribution in [0, 0.1) is 0 Å². The molecule has 0 heterocycles. The summed E-state index contributed by atoms with van der Waals surface area (Å²) >= 11 is 3.93. The molecule has 1 aromatic carbocycles. The van der Waals surface area contributed by atoms with Crippen LogP contribution in [0.2, 0.25) is 0 Å². The summed E-state index contributed by atoms with van der Waals surface area (Å²) in [5, 5.41) is 16.8. The normalized spacial score (nSPS) is 14.1. The first-order chi connectivity index (χ1) is 16.0. The van der Waals surface area contributed by atoms with Crippen LogP contribution in [0.15, 0.2) is 35.3 Å². The van der Waals surface area contributed by atoms with Gasteiger partial charge in [0.15, 0.2) is 5.96 Å². The van der Waals surface area contributed by atoms with E-state index >= 15 is 0 Å². The molecule has 0 aliphatic heterocycles. The number of carbonyl (C=O) groups excluding carboxylic acids is 3. The number of aliphatic imine (C=N–C) groups is 1. The predicted molar refractivity (Wildman–Crippen MR) is 131 cm³/mol. The van der Waals surface area contributed by atoms with E-state index in [1.807, 2.05) is 6.07 Å². The molecule has 1 rings (SSSR count). The van der Waals surface area contributed by atoms with Crippen molar-refractivity contribution < 1.29 is 24.3 Å². The fourth-order valence-corrected chi connectivity index (χ4v) is 3.11. The van der Waals surface area contributed by atoms with Crippen molar-refractivity contribution in [3.05, 3.63) is 35.9 Å². The molecular formula is C21H33N7O5S. The van der Waals surface area contributed by atoms with Gasteiger partial charge in [-0.25, -0.2) is 4.79 Å². The number of nitrogens with one attached hydrogen (secondary N) is 3. The fraction of sp³-hybridized carbons (Fsp3) is 0.476.